The molecule has 2 N–H and O–H groups in total. The number of hydrogen-bond donors (Lipinski definition) is 1. The average Bonchev–Trinajstić information content (AvgIpc) is 2.96. The number of para-hydroxylation sites is 1. The highest BCUT2D eigenvalue weighted by Crippen LogP contribution is 2.32. The van der Waals surface area contributed by atoms with E-state index in [2.05, 4.69) is 0 Å². The fourth-order valence-electron chi connectivity index (χ4n) is 3.42. The van der Waals surface area contributed by atoms with E-state index in [-0.39, 0.29) is 36.0 Å². The summed E-state index contributed by atoms with van der Waals surface area (Å²) < 4.78 is 0. The van der Waals surface area contributed by atoms with E-state index >= 15 is 0 Å². The van der Waals surface area contributed by atoms with Crippen molar-refractivity contribution in [3.05, 3.63) is 29.3 Å². The molecule has 0 spiro atoms. The molecule has 1 aromatic rings. The largest absolute Gasteiger partial charge is 0.369 e. The molecule has 24 heavy (non-hydrogen) atoms. The second-order valence-corrected chi connectivity index (χ2v) is 6.77. The fourth-order valence-corrected chi connectivity index (χ4v) is 3.66. The van der Waals surface area contributed by atoms with Crippen molar-refractivity contribution < 1.29 is 14.4 Å². The Morgan fingerprint density at radius 2 is 1.79 bits per heavy atom. The van der Waals surface area contributed by atoms with E-state index in [4.69, 9.17) is 17.3 Å². The monoisotopic (exact) mass is 349 g/mol. The van der Waals surface area contributed by atoms with Crippen molar-refractivity contribution in [2.24, 2.45) is 17.6 Å². The summed E-state index contributed by atoms with van der Waals surface area (Å²) >= 11 is 6.16. The van der Waals surface area contributed by atoms with Crippen LogP contribution in [0.25, 0.3) is 0 Å². The smallest absolute Gasteiger partial charge is 0.228 e. The third-order valence-corrected chi connectivity index (χ3v) is 5.15. The van der Waals surface area contributed by atoms with Crippen molar-refractivity contribution in [3.8, 4) is 0 Å². The number of nitrogens with zero attached hydrogens (tertiary/aromatic N) is 2. The Labute approximate surface area is 145 Å². The molecular weight excluding hydrogens is 330 g/mol. The van der Waals surface area contributed by atoms with Crippen LogP contribution in [0.1, 0.15) is 19.3 Å². The zero-order valence-corrected chi connectivity index (χ0v) is 14.0. The van der Waals surface area contributed by atoms with Gasteiger partial charge in [0.2, 0.25) is 17.7 Å². The standard InChI is InChI=1S/C17H20ClN3O3/c18-13-3-1-2-4-14(13)21-10-12(9-15(21)22)17(24)20-7-5-11(6-8-20)16(19)23/h1-4,11-12H,5-10H2,(H2,19,23)/t12-/m0/s1. The molecule has 6 nitrogen and oxygen atoms in total. The van der Waals surface area contributed by atoms with Gasteiger partial charge in [0.15, 0.2) is 0 Å². The number of likely N-dealkylation sites (tertiary alicyclic amines) is 1. The van der Waals surface area contributed by atoms with Gasteiger partial charge in [0.1, 0.15) is 0 Å². The number of anilines is 1. The van der Waals surface area contributed by atoms with Crippen LogP contribution in [0.15, 0.2) is 24.3 Å². The Morgan fingerprint density at radius 1 is 1.12 bits per heavy atom. The number of primary amides is 1. The maximum Gasteiger partial charge on any atom is 0.228 e. The van der Waals surface area contributed by atoms with Gasteiger partial charge in [-0.15, -0.1) is 0 Å². The van der Waals surface area contributed by atoms with E-state index in [9.17, 15) is 14.4 Å². The van der Waals surface area contributed by atoms with Crippen LogP contribution in [-0.2, 0) is 14.4 Å². The molecule has 0 bridgehead atoms. The van der Waals surface area contributed by atoms with Crippen molar-refractivity contribution in [2.75, 3.05) is 24.5 Å². The number of nitrogens with two attached hydrogens (primary N) is 1. The number of piperidine rings is 1. The van der Waals surface area contributed by atoms with Gasteiger partial charge in [-0.25, -0.2) is 0 Å². The second kappa shape index (κ2) is 6.81. The quantitative estimate of drug-likeness (QED) is 0.895. The Kier molecular flexibility index (Phi) is 4.76. The van der Waals surface area contributed by atoms with Crippen LogP contribution in [0.4, 0.5) is 5.69 Å². The molecule has 0 unspecified atom stereocenters. The molecule has 2 fully saturated rings. The van der Waals surface area contributed by atoms with Crippen LogP contribution in [0.3, 0.4) is 0 Å². The van der Waals surface area contributed by atoms with Gasteiger partial charge in [-0.1, -0.05) is 23.7 Å². The Morgan fingerprint density at radius 3 is 2.42 bits per heavy atom. The minimum absolute atomic E-state index is 0.0270. The van der Waals surface area contributed by atoms with Gasteiger partial charge in [0.25, 0.3) is 0 Å². The highest BCUT2D eigenvalue weighted by molar-refractivity contribution is 6.33. The summed E-state index contributed by atoms with van der Waals surface area (Å²) in [4.78, 5) is 39.5. The number of rotatable bonds is 3. The number of hydrogen-bond acceptors (Lipinski definition) is 3. The minimum Gasteiger partial charge on any atom is -0.369 e. The minimum atomic E-state index is -0.362. The van der Waals surface area contributed by atoms with Gasteiger partial charge in [0, 0.05) is 32.0 Å². The molecule has 2 saturated heterocycles. The number of carbonyl (C=O) groups excluding carboxylic acids is 3. The molecule has 3 amide bonds. The van der Waals surface area contributed by atoms with Crippen LogP contribution in [0.2, 0.25) is 5.02 Å². The highest BCUT2D eigenvalue weighted by Gasteiger charge is 2.38. The van der Waals surface area contributed by atoms with Crippen molar-refractivity contribution in [1.29, 1.82) is 0 Å². The summed E-state index contributed by atoms with van der Waals surface area (Å²) in [5.74, 6) is -0.935. The SMILES string of the molecule is NC(=O)C1CCN(C(=O)[C@H]2CC(=O)N(c3ccccc3Cl)C2)CC1. The predicted molar refractivity (Wildman–Crippen MR) is 90.4 cm³/mol. The van der Waals surface area contributed by atoms with E-state index in [1.54, 1.807) is 28.0 Å². The third-order valence-electron chi connectivity index (χ3n) is 4.83. The zero-order chi connectivity index (χ0) is 17.3. The first-order valence-corrected chi connectivity index (χ1v) is 8.48. The van der Waals surface area contributed by atoms with Gasteiger partial charge in [0.05, 0.1) is 16.6 Å². The Hall–Kier alpha value is -2.08. The normalized spacial score (nSPS) is 22.0. The number of halogens is 1. The molecule has 2 aliphatic heterocycles. The van der Waals surface area contributed by atoms with Crippen molar-refractivity contribution in [3.63, 3.8) is 0 Å². The van der Waals surface area contributed by atoms with Crippen LogP contribution < -0.4 is 10.6 Å². The molecule has 0 radical (unpaired) electrons. The van der Waals surface area contributed by atoms with Gasteiger partial charge in [-0.05, 0) is 25.0 Å². The molecular formula is C17H20ClN3O3. The lowest BCUT2D eigenvalue weighted by Gasteiger charge is -2.32. The summed E-state index contributed by atoms with van der Waals surface area (Å²) in [7, 11) is 0. The van der Waals surface area contributed by atoms with Crippen LogP contribution in [0.5, 0.6) is 0 Å². The first-order valence-electron chi connectivity index (χ1n) is 8.10. The predicted octanol–water partition coefficient (Wildman–Crippen LogP) is 1.42. The third kappa shape index (κ3) is 3.24. The molecule has 0 aromatic heterocycles. The molecule has 3 rings (SSSR count). The number of carbonyl (C=O) groups is 3. The molecule has 128 valence electrons. The zero-order valence-electron chi connectivity index (χ0n) is 13.3. The summed E-state index contributed by atoms with van der Waals surface area (Å²) in [5, 5.41) is 0.501. The lowest BCUT2D eigenvalue weighted by molar-refractivity contribution is -0.138. The number of amides is 3. The molecule has 1 atom stereocenters. The average molecular weight is 350 g/mol. The summed E-state index contributed by atoms with van der Waals surface area (Å²) in [6.07, 6.45) is 1.38. The molecule has 2 heterocycles. The first kappa shape index (κ1) is 16.8. The lowest BCUT2D eigenvalue weighted by Crippen LogP contribution is -2.44. The molecule has 1 aromatic carbocycles. The molecule has 0 saturated carbocycles. The molecule has 0 aliphatic carbocycles. The fraction of sp³-hybridized carbons (Fsp3) is 0.471. The Bertz CT molecular complexity index is 671. The maximum atomic E-state index is 12.7. The van der Waals surface area contributed by atoms with Gasteiger partial charge < -0.3 is 15.5 Å². The van der Waals surface area contributed by atoms with E-state index in [0.29, 0.717) is 43.2 Å². The molecule has 2 aliphatic rings. The Balaban J connectivity index is 1.65. The summed E-state index contributed by atoms with van der Waals surface area (Å²) in [6, 6.07) is 7.13. The van der Waals surface area contributed by atoms with E-state index < -0.39 is 0 Å². The van der Waals surface area contributed by atoms with E-state index in [1.165, 1.54) is 0 Å². The number of benzene rings is 1. The summed E-state index contributed by atoms with van der Waals surface area (Å²) in [5.41, 5.74) is 5.96. The van der Waals surface area contributed by atoms with Crippen molar-refractivity contribution in [2.45, 2.75) is 19.3 Å². The van der Waals surface area contributed by atoms with Crippen LogP contribution >= 0.6 is 11.6 Å². The van der Waals surface area contributed by atoms with Crippen molar-refractivity contribution >= 4 is 35.0 Å². The molecule has 7 heteroatoms. The first-order chi connectivity index (χ1) is 11.5. The topological polar surface area (TPSA) is 83.7 Å². The van der Waals surface area contributed by atoms with Gasteiger partial charge in [-0.2, -0.15) is 0 Å². The maximum absolute atomic E-state index is 12.7. The van der Waals surface area contributed by atoms with Crippen molar-refractivity contribution in [1.82, 2.24) is 4.90 Å². The van der Waals surface area contributed by atoms with E-state index in [1.807, 2.05) is 6.07 Å². The van der Waals surface area contributed by atoms with Crippen LogP contribution in [0, 0.1) is 11.8 Å². The summed E-state index contributed by atoms with van der Waals surface area (Å²) in [6.45, 7) is 1.38. The van der Waals surface area contributed by atoms with E-state index in [0.717, 1.165) is 0 Å². The van der Waals surface area contributed by atoms with Gasteiger partial charge in [-0.3, -0.25) is 14.4 Å². The lowest BCUT2D eigenvalue weighted by atomic mass is 9.95. The second-order valence-electron chi connectivity index (χ2n) is 6.36. The van der Waals surface area contributed by atoms with Crippen LogP contribution in [-0.4, -0.2) is 42.3 Å². The highest BCUT2D eigenvalue weighted by atomic mass is 35.5. The van der Waals surface area contributed by atoms with Gasteiger partial charge >= 0.3 is 0 Å².